The molecule has 3 atom stereocenters. The van der Waals surface area contributed by atoms with Gasteiger partial charge in [-0.1, -0.05) is 6.92 Å². The smallest absolute Gasteiger partial charge is 0.227 e. The molecule has 0 aromatic heterocycles. The molecule has 3 aliphatic rings. The molecule has 0 spiro atoms. The molecule has 3 unspecified atom stereocenters. The number of nitrogens with one attached hydrogen (secondary N) is 2. The van der Waals surface area contributed by atoms with Crippen LogP contribution in [-0.2, 0) is 9.53 Å². The van der Waals surface area contributed by atoms with Crippen molar-refractivity contribution in [3.8, 4) is 0 Å². The number of hydrogen-bond acceptors (Lipinski definition) is 3. The monoisotopic (exact) mass is 252 g/mol. The van der Waals surface area contributed by atoms with Crippen molar-refractivity contribution in [1.82, 2.24) is 10.6 Å². The van der Waals surface area contributed by atoms with E-state index in [2.05, 4.69) is 17.6 Å². The van der Waals surface area contributed by atoms with E-state index in [-0.39, 0.29) is 23.5 Å². The third kappa shape index (κ3) is 2.16. The second kappa shape index (κ2) is 4.82. The predicted octanol–water partition coefficient (Wildman–Crippen LogP) is 1.06. The van der Waals surface area contributed by atoms with E-state index in [0.29, 0.717) is 5.92 Å². The van der Waals surface area contributed by atoms with E-state index in [1.54, 1.807) is 0 Å². The lowest BCUT2D eigenvalue weighted by Gasteiger charge is -2.29. The van der Waals surface area contributed by atoms with Crippen molar-refractivity contribution < 1.29 is 9.53 Å². The van der Waals surface area contributed by atoms with Crippen molar-refractivity contribution in [1.29, 1.82) is 0 Å². The average molecular weight is 252 g/mol. The fraction of sp³-hybridized carbons (Fsp3) is 0.929. The highest BCUT2D eigenvalue weighted by molar-refractivity contribution is 5.83. The molecule has 2 heterocycles. The zero-order chi connectivity index (χ0) is 12.6. The van der Waals surface area contributed by atoms with E-state index in [1.807, 2.05) is 0 Å². The van der Waals surface area contributed by atoms with Gasteiger partial charge in [-0.2, -0.15) is 0 Å². The van der Waals surface area contributed by atoms with Crippen LogP contribution in [0.2, 0.25) is 0 Å². The molecule has 4 heteroatoms. The summed E-state index contributed by atoms with van der Waals surface area (Å²) in [5.41, 5.74) is -0.170. The molecule has 3 rings (SSSR count). The summed E-state index contributed by atoms with van der Waals surface area (Å²) in [6, 6.07) is 0.258. The van der Waals surface area contributed by atoms with E-state index in [0.717, 1.165) is 39.0 Å². The molecule has 2 aliphatic heterocycles. The molecule has 0 bridgehead atoms. The summed E-state index contributed by atoms with van der Waals surface area (Å²) < 4.78 is 5.79. The minimum absolute atomic E-state index is 0.170. The van der Waals surface area contributed by atoms with Gasteiger partial charge in [-0.15, -0.1) is 0 Å². The molecule has 4 nitrogen and oxygen atoms in total. The van der Waals surface area contributed by atoms with Crippen LogP contribution in [0.3, 0.4) is 0 Å². The van der Waals surface area contributed by atoms with Crippen LogP contribution in [0.5, 0.6) is 0 Å². The summed E-state index contributed by atoms with van der Waals surface area (Å²) in [5.74, 6) is 0.952. The summed E-state index contributed by atoms with van der Waals surface area (Å²) in [5, 5.41) is 6.60. The lowest BCUT2D eigenvalue weighted by molar-refractivity contribution is -0.131. The Morgan fingerprint density at radius 1 is 1.44 bits per heavy atom. The second-order valence-corrected chi connectivity index (χ2v) is 6.10. The van der Waals surface area contributed by atoms with Gasteiger partial charge in [0.2, 0.25) is 5.91 Å². The third-order valence-corrected chi connectivity index (χ3v) is 4.94. The maximum absolute atomic E-state index is 12.5. The van der Waals surface area contributed by atoms with Crippen molar-refractivity contribution in [2.24, 2.45) is 11.3 Å². The van der Waals surface area contributed by atoms with Crippen molar-refractivity contribution >= 4 is 5.91 Å². The average Bonchev–Trinajstić information content (AvgIpc) is 2.93. The molecule has 3 fully saturated rings. The number of ether oxygens (including phenoxy) is 1. The third-order valence-electron chi connectivity index (χ3n) is 4.94. The maximum atomic E-state index is 12.5. The Morgan fingerprint density at radius 2 is 2.28 bits per heavy atom. The van der Waals surface area contributed by atoms with Gasteiger partial charge in [0.15, 0.2) is 0 Å². The summed E-state index contributed by atoms with van der Waals surface area (Å²) in [4.78, 5) is 12.5. The molecule has 102 valence electrons. The Hall–Kier alpha value is -0.610. The highest BCUT2D eigenvalue weighted by Gasteiger charge is 2.45. The number of amides is 1. The normalized spacial score (nSPS) is 40.1. The Balaban J connectivity index is 1.62. The van der Waals surface area contributed by atoms with E-state index in [9.17, 15) is 4.79 Å². The van der Waals surface area contributed by atoms with Crippen LogP contribution in [0.15, 0.2) is 0 Å². The van der Waals surface area contributed by atoms with Crippen LogP contribution in [0, 0.1) is 11.3 Å². The lowest BCUT2D eigenvalue weighted by Crippen LogP contribution is -2.49. The van der Waals surface area contributed by atoms with Gasteiger partial charge in [0, 0.05) is 13.2 Å². The fourth-order valence-electron chi connectivity index (χ4n) is 3.38. The second-order valence-electron chi connectivity index (χ2n) is 6.10. The Labute approximate surface area is 109 Å². The SMILES string of the molecule is CCC1(C(=O)NC2CCOC2C2CC2)CCNC1. The van der Waals surface area contributed by atoms with Gasteiger partial charge in [-0.25, -0.2) is 0 Å². The first kappa shape index (κ1) is 12.4. The van der Waals surface area contributed by atoms with Crippen LogP contribution in [0.4, 0.5) is 0 Å². The number of carbonyl (C=O) groups excluding carboxylic acids is 1. The number of carbonyl (C=O) groups is 1. The zero-order valence-electron chi connectivity index (χ0n) is 11.2. The Kier molecular flexibility index (Phi) is 3.32. The quantitative estimate of drug-likeness (QED) is 0.786. The molecule has 1 aliphatic carbocycles. The summed E-state index contributed by atoms with van der Waals surface area (Å²) >= 11 is 0. The minimum atomic E-state index is -0.170. The molecule has 0 aromatic rings. The van der Waals surface area contributed by atoms with Gasteiger partial charge in [-0.3, -0.25) is 4.79 Å². The maximum Gasteiger partial charge on any atom is 0.227 e. The zero-order valence-corrected chi connectivity index (χ0v) is 11.2. The molecule has 0 aromatic carbocycles. The molecule has 2 saturated heterocycles. The van der Waals surface area contributed by atoms with E-state index >= 15 is 0 Å². The van der Waals surface area contributed by atoms with Crippen molar-refractivity contribution in [2.75, 3.05) is 19.7 Å². The van der Waals surface area contributed by atoms with Crippen molar-refractivity contribution in [3.63, 3.8) is 0 Å². The van der Waals surface area contributed by atoms with Gasteiger partial charge in [0.25, 0.3) is 0 Å². The molecule has 2 N–H and O–H groups in total. The van der Waals surface area contributed by atoms with Crippen LogP contribution < -0.4 is 10.6 Å². The van der Waals surface area contributed by atoms with Gasteiger partial charge in [-0.05, 0) is 44.6 Å². The molecular weight excluding hydrogens is 228 g/mol. The summed E-state index contributed by atoms with van der Waals surface area (Å²) in [6.45, 7) is 4.73. The first-order valence-electron chi connectivity index (χ1n) is 7.38. The van der Waals surface area contributed by atoms with Crippen LogP contribution >= 0.6 is 0 Å². The van der Waals surface area contributed by atoms with Crippen molar-refractivity contribution in [3.05, 3.63) is 0 Å². The van der Waals surface area contributed by atoms with Crippen LogP contribution in [0.1, 0.15) is 39.0 Å². The molecular formula is C14H24N2O2. The van der Waals surface area contributed by atoms with Gasteiger partial charge < -0.3 is 15.4 Å². The first-order valence-corrected chi connectivity index (χ1v) is 7.38. The number of rotatable bonds is 4. The largest absolute Gasteiger partial charge is 0.376 e. The van der Waals surface area contributed by atoms with E-state index < -0.39 is 0 Å². The van der Waals surface area contributed by atoms with E-state index in [1.165, 1.54) is 12.8 Å². The first-order chi connectivity index (χ1) is 8.75. The standard InChI is InChI=1S/C14H24N2O2/c1-2-14(6-7-15-9-14)13(17)16-11-5-8-18-12(11)10-3-4-10/h10-12,15H,2-9H2,1H3,(H,16,17). The van der Waals surface area contributed by atoms with Gasteiger partial charge in [0.05, 0.1) is 17.6 Å². The lowest BCUT2D eigenvalue weighted by atomic mass is 9.83. The van der Waals surface area contributed by atoms with Crippen LogP contribution in [0.25, 0.3) is 0 Å². The highest BCUT2D eigenvalue weighted by atomic mass is 16.5. The Morgan fingerprint density at radius 3 is 2.89 bits per heavy atom. The van der Waals surface area contributed by atoms with Crippen molar-refractivity contribution in [2.45, 2.75) is 51.2 Å². The molecule has 0 radical (unpaired) electrons. The number of hydrogen-bond donors (Lipinski definition) is 2. The highest BCUT2D eigenvalue weighted by Crippen LogP contribution is 2.39. The molecule has 1 saturated carbocycles. The summed E-state index contributed by atoms with van der Waals surface area (Å²) in [7, 11) is 0. The van der Waals surface area contributed by atoms with Gasteiger partial charge in [0.1, 0.15) is 0 Å². The van der Waals surface area contributed by atoms with Crippen LogP contribution in [-0.4, -0.2) is 37.7 Å². The van der Waals surface area contributed by atoms with Gasteiger partial charge >= 0.3 is 0 Å². The molecule has 18 heavy (non-hydrogen) atoms. The minimum Gasteiger partial charge on any atom is -0.376 e. The molecule has 1 amide bonds. The van der Waals surface area contributed by atoms with E-state index in [4.69, 9.17) is 4.74 Å². The Bertz CT molecular complexity index is 322. The topological polar surface area (TPSA) is 50.4 Å². The fourth-order valence-corrected chi connectivity index (χ4v) is 3.38. The summed E-state index contributed by atoms with van der Waals surface area (Å²) in [6.07, 6.45) is 5.72. The predicted molar refractivity (Wildman–Crippen MR) is 69.2 cm³/mol.